The van der Waals surface area contributed by atoms with Gasteiger partial charge in [-0.1, -0.05) is 0 Å². The standard InChI is InChI=1S/C6H5NO4.2C5H5NO2.C5H6O3.C4H2O3.3CH5N/c1-11-6(10)7-4(8)2-3-5(7)9;2*1-6-4(7)2-3-5(6)8;1-4(6)2-3-5(7)8;5-3-1-2-4(6)7-3;3*1-2/h2-3H,1H3;2*2-3H,1H3;2-3H,1H3,(H,7,8);1-2H;3*2H2,1H3/b;;;3-2-;;;;. The number of imide groups is 5. The van der Waals surface area contributed by atoms with Gasteiger partial charge in [0.2, 0.25) is 0 Å². The highest BCUT2D eigenvalue weighted by Gasteiger charge is 2.30. The first-order chi connectivity index (χ1) is 22.5. The summed E-state index contributed by atoms with van der Waals surface area (Å²) in [5.41, 5.74) is 13.5. The number of methoxy groups -OCH3 is 1. The Morgan fingerprint density at radius 2 is 0.896 bits per heavy atom. The molecule has 4 heterocycles. The number of ether oxygens (including phenoxy) is 2. The van der Waals surface area contributed by atoms with Crippen LogP contribution in [-0.4, -0.2) is 127 Å². The van der Waals surface area contributed by atoms with Crippen LogP contribution in [0.1, 0.15) is 6.92 Å². The zero-order chi connectivity index (χ0) is 38.6. The second kappa shape index (κ2) is 28.2. The summed E-state index contributed by atoms with van der Waals surface area (Å²) >= 11 is 0. The van der Waals surface area contributed by atoms with Crippen LogP contribution in [0.2, 0.25) is 0 Å². The molecule has 4 aliphatic rings. The van der Waals surface area contributed by atoms with Gasteiger partial charge in [-0.25, -0.2) is 19.2 Å². The summed E-state index contributed by atoms with van der Waals surface area (Å²) in [4.78, 5) is 116. The molecule has 0 aromatic heterocycles. The molecule has 4 rings (SSSR count). The number of carboxylic acids is 1. The molecular formula is C28H38N6O14. The van der Waals surface area contributed by atoms with Crippen molar-refractivity contribution in [1.82, 2.24) is 14.7 Å². The van der Waals surface area contributed by atoms with E-state index in [1.807, 2.05) is 0 Å². The lowest BCUT2D eigenvalue weighted by atomic mass is 10.4. The summed E-state index contributed by atoms with van der Waals surface area (Å²) in [6, 6.07) is 0. The van der Waals surface area contributed by atoms with Gasteiger partial charge >= 0.3 is 24.0 Å². The predicted molar refractivity (Wildman–Crippen MR) is 165 cm³/mol. The number of ketones is 1. The summed E-state index contributed by atoms with van der Waals surface area (Å²) in [6.45, 7) is 1.29. The molecule has 0 unspecified atom stereocenters. The second-order valence-electron chi connectivity index (χ2n) is 7.31. The third-order valence-electron chi connectivity index (χ3n) is 4.24. The Kier molecular flexibility index (Phi) is 28.6. The van der Waals surface area contributed by atoms with E-state index in [1.54, 1.807) is 0 Å². The van der Waals surface area contributed by atoms with Crippen molar-refractivity contribution in [2.24, 2.45) is 17.2 Å². The lowest BCUT2D eigenvalue weighted by molar-refractivity contribution is -0.150. The third kappa shape index (κ3) is 21.5. The Morgan fingerprint density at radius 3 is 1.04 bits per heavy atom. The highest BCUT2D eigenvalue weighted by Crippen LogP contribution is 2.04. The van der Waals surface area contributed by atoms with Crippen LogP contribution in [0.4, 0.5) is 4.79 Å². The van der Waals surface area contributed by atoms with E-state index in [0.29, 0.717) is 4.90 Å². The van der Waals surface area contributed by atoms with Crippen LogP contribution in [0.15, 0.2) is 60.8 Å². The number of hydrogen-bond acceptors (Lipinski definition) is 16. The molecule has 7 amide bonds. The summed E-state index contributed by atoms with van der Waals surface area (Å²) < 4.78 is 8.15. The van der Waals surface area contributed by atoms with Crippen molar-refractivity contribution in [3.05, 3.63) is 60.8 Å². The molecule has 0 aromatic rings. The highest BCUT2D eigenvalue weighted by molar-refractivity contribution is 6.21. The fraction of sp³-hybridized carbons (Fsp3) is 0.250. The molecule has 0 saturated heterocycles. The largest absolute Gasteiger partial charge is 0.478 e. The van der Waals surface area contributed by atoms with Gasteiger partial charge in [-0.05, 0) is 34.1 Å². The van der Waals surface area contributed by atoms with Crippen LogP contribution in [0.5, 0.6) is 0 Å². The second-order valence-corrected chi connectivity index (χ2v) is 7.31. The molecule has 4 aliphatic heterocycles. The number of likely N-dealkylation sites (N-methyl/N-ethyl adjacent to an activating group) is 2. The van der Waals surface area contributed by atoms with Crippen molar-refractivity contribution < 1.29 is 67.3 Å². The van der Waals surface area contributed by atoms with Crippen molar-refractivity contribution in [3.8, 4) is 0 Å². The van der Waals surface area contributed by atoms with Crippen LogP contribution in [0.25, 0.3) is 0 Å². The number of rotatable bonds is 2. The number of nitrogens with zero attached hydrogens (tertiary/aromatic N) is 3. The van der Waals surface area contributed by atoms with E-state index in [9.17, 15) is 52.7 Å². The van der Waals surface area contributed by atoms with Crippen LogP contribution in [0, 0.1) is 0 Å². The quantitative estimate of drug-likeness (QED) is 0.0998. The van der Waals surface area contributed by atoms with E-state index in [1.165, 1.54) is 66.5 Å². The highest BCUT2D eigenvalue weighted by atomic mass is 16.6. The van der Waals surface area contributed by atoms with E-state index in [0.717, 1.165) is 53.4 Å². The molecule has 7 N–H and O–H groups in total. The summed E-state index contributed by atoms with van der Waals surface area (Å²) in [6.07, 6.45) is 10.1. The Balaban J connectivity index is -0.000000244. The van der Waals surface area contributed by atoms with Crippen LogP contribution < -0.4 is 17.2 Å². The van der Waals surface area contributed by atoms with Gasteiger partial charge in [-0.2, -0.15) is 4.90 Å². The van der Waals surface area contributed by atoms with Gasteiger partial charge in [0.15, 0.2) is 5.78 Å². The summed E-state index contributed by atoms with van der Waals surface area (Å²) in [7, 11) is 8.50. The number of amides is 7. The molecule has 0 fully saturated rings. The van der Waals surface area contributed by atoms with Gasteiger partial charge in [0.25, 0.3) is 35.4 Å². The zero-order valence-electron chi connectivity index (χ0n) is 27.1. The molecule has 0 saturated carbocycles. The Hall–Kier alpha value is -6.25. The minimum atomic E-state index is -1.10. The Labute approximate surface area is 274 Å². The van der Waals surface area contributed by atoms with Crippen LogP contribution >= 0.6 is 0 Å². The van der Waals surface area contributed by atoms with Crippen molar-refractivity contribution in [2.45, 2.75) is 6.92 Å². The SMILES string of the molecule is CC(=O)/C=C\C(=O)O.CN.CN.CN.CN1C(=O)C=CC1=O.CN1C(=O)C=CC1=O.COC(=O)N1C(=O)C=CC1=O.O=C1C=CC(=O)O1. The fourth-order valence-electron chi connectivity index (χ4n) is 2.11. The van der Waals surface area contributed by atoms with Crippen molar-refractivity contribution in [2.75, 3.05) is 42.3 Å². The maximum absolute atomic E-state index is 10.7. The monoisotopic (exact) mass is 682 g/mol. The maximum Gasteiger partial charge on any atom is 0.423 e. The molecule has 20 nitrogen and oxygen atoms in total. The molecule has 0 radical (unpaired) electrons. The van der Waals surface area contributed by atoms with Gasteiger partial charge in [0.1, 0.15) is 0 Å². The van der Waals surface area contributed by atoms with Gasteiger partial charge in [0, 0.05) is 68.8 Å². The molecule has 0 aliphatic carbocycles. The van der Waals surface area contributed by atoms with E-state index in [4.69, 9.17) is 5.11 Å². The van der Waals surface area contributed by atoms with Gasteiger partial charge < -0.3 is 31.8 Å². The molecule has 0 atom stereocenters. The molecule has 20 heteroatoms. The average molecular weight is 683 g/mol. The van der Waals surface area contributed by atoms with E-state index < -0.39 is 35.8 Å². The number of carboxylic acid groups (broad SMARTS) is 1. The molecule has 264 valence electrons. The van der Waals surface area contributed by atoms with Crippen LogP contribution in [0.3, 0.4) is 0 Å². The predicted octanol–water partition coefficient (Wildman–Crippen LogP) is -2.67. The smallest absolute Gasteiger partial charge is 0.423 e. The number of hydrogen-bond donors (Lipinski definition) is 4. The first kappa shape index (κ1) is 48.6. The number of nitrogens with two attached hydrogens (primary N) is 3. The zero-order valence-corrected chi connectivity index (χ0v) is 27.1. The van der Waals surface area contributed by atoms with Crippen molar-refractivity contribution >= 4 is 65.2 Å². The first-order valence-corrected chi connectivity index (χ1v) is 12.7. The van der Waals surface area contributed by atoms with E-state index >= 15 is 0 Å². The Morgan fingerprint density at radius 1 is 0.604 bits per heavy atom. The topological polar surface area (TPSA) is 314 Å². The number of carbonyl (C=O) groups excluding carboxylic acids is 10. The first-order valence-electron chi connectivity index (χ1n) is 12.7. The molecule has 0 bridgehead atoms. The number of cyclic esters (lactones) is 2. The minimum absolute atomic E-state index is 0.241. The number of allylic oxidation sites excluding steroid dienone is 1. The lowest BCUT2D eigenvalue weighted by Gasteiger charge is -2.08. The number of esters is 2. The Bertz CT molecular complexity index is 1240. The lowest BCUT2D eigenvalue weighted by Crippen LogP contribution is -2.35. The minimum Gasteiger partial charge on any atom is -0.478 e. The van der Waals surface area contributed by atoms with Crippen molar-refractivity contribution in [1.29, 1.82) is 0 Å². The fourth-order valence-corrected chi connectivity index (χ4v) is 2.11. The van der Waals surface area contributed by atoms with E-state index in [2.05, 4.69) is 26.7 Å². The van der Waals surface area contributed by atoms with Crippen LogP contribution in [-0.2, 0) is 57.4 Å². The average Bonchev–Trinajstić information content (AvgIpc) is 3.80. The molecule has 48 heavy (non-hydrogen) atoms. The third-order valence-corrected chi connectivity index (χ3v) is 4.24. The van der Waals surface area contributed by atoms with Gasteiger partial charge in [-0.15, -0.1) is 0 Å². The van der Waals surface area contributed by atoms with Crippen molar-refractivity contribution in [3.63, 3.8) is 0 Å². The van der Waals surface area contributed by atoms with Gasteiger partial charge in [-0.3, -0.25) is 43.4 Å². The number of aliphatic carboxylic acids is 1. The summed E-state index contributed by atoms with van der Waals surface area (Å²) in [5, 5.41) is 7.92. The number of carbonyl (C=O) groups is 11. The molecule has 0 spiro atoms. The maximum atomic E-state index is 10.7. The van der Waals surface area contributed by atoms with Gasteiger partial charge in [0.05, 0.1) is 7.11 Å². The summed E-state index contributed by atoms with van der Waals surface area (Å²) in [5.74, 6) is -4.80. The molecule has 0 aromatic carbocycles. The normalized spacial score (nSPS) is 14.3. The van der Waals surface area contributed by atoms with E-state index in [-0.39, 0.29) is 29.4 Å². The molecular weight excluding hydrogens is 644 g/mol.